The summed E-state index contributed by atoms with van der Waals surface area (Å²) >= 11 is 0. The number of rotatable bonds is 5. The summed E-state index contributed by atoms with van der Waals surface area (Å²) in [6, 6.07) is 12.0. The summed E-state index contributed by atoms with van der Waals surface area (Å²) in [5.41, 5.74) is 2.25. The molecule has 1 heterocycles. The molecule has 0 saturated carbocycles. The molecule has 2 aromatic carbocycles. The SMILES string of the molecule is CN(Cc1ccc(C#N)cc1)C(=O)NCc1cnn(-c2ccc(F)cc2F)c1. The lowest BCUT2D eigenvalue weighted by Crippen LogP contribution is -2.36. The molecule has 0 aliphatic heterocycles. The van der Waals surface area contributed by atoms with Crippen LogP contribution >= 0.6 is 0 Å². The Labute approximate surface area is 160 Å². The fourth-order valence-corrected chi connectivity index (χ4v) is 2.59. The highest BCUT2D eigenvalue weighted by atomic mass is 19.1. The maximum Gasteiger partial charge on any atom is 0.317 e. The number of nitrogens with zero attached hydrogens (tertiary/aromatic N) is 4. The molecular weight excluding hydrogens is 364 g/mol. The summed E-state index contributed by atoms with van der Waals surface area (Å²) in [4.78, 5) is 13.8. The van der Waals surface area contributed by atoms with Crippen LogP contribution in [-0.4, -0.2) is 27.8 Å². The molecule has 28 heavy (non-hydrogen) atoms. The average Bonchev–Trinajstić information content (AvgIpc) is 3.15. The zero-order valence-electron chi connectivity index (χ0n) is 15.1. The molecule has 0 saturated heterocycles. The van der Waals surface area contributed by atoms with Crippen LogP contribution in [0.4, 0.5) is 13.6 Å². The molecule has 3 rings (SSSR count). The molecule has 0 atom stereocenters. The van der Waals surface area contributed by atoms with Crippen molar-refractivity contribution in [3.63, 3.8) is 0 Å². The predicted molar refractivity (Wildman–Crippen MR) is 98.3 cm³/mol. The molecule has 0 aliphatic rings. The lowest BCUT2D eigenvalue weighted by Gasteiger charge is -2.17. The van der Waals surface area contributed by atoms with E-state index in [1.807, 2.05) is 6.07 Å². The van der Waals surface area contributed by atoms with Gasteiger partial charge < -0.3 is 10.2 Å². The molecule has 6 nitrogen and oxygen atoms in total. The number of urea groups is 1. The summed E-state index contributed by atoms with van der Waals surface area (Å²) in [6.07, 6.45) is 3.07. The zero-order chi connectivity index (χ0) is 20.1. The average molecular weight is 381 g/mol. The van der Waals surface area contributed by atoms with Crippen LogP contribution < -0.4 is 5.32 Å². The van der Waals surface area contributed by atoms with Crippen molar-refractivity contribution >= 4 is 6.03 Å². The fourth-order valence-electron chi connectivity index (χ4n) is 2.59. The van der Waals surface area contributed by atoms with E-state index in [9.17, 15) is 13.6 Å². The Hall–Kier alpha value is -3.73. The van der Waals surface area contributed by atoms with Crippen LogP contribution in [0.2, 0.25) is 0 Å². The second-order valence-corrected chi connectivity index (χ2v) is 6.21. The topological polar surface area (TPSA) is 74.0 Å². The highest BCUT2D eigenvalue weighted by Gasteiger charge is 2.11. The molecule has 0 fully saturated rings. The van der Waals surface area contributed by atoms with Crippen LogP contribution in [0, 0.1) is 23.0 Å². The highest BCUT2D eigenvalue weighted by molar-refractivity contribution is 5.73. The molecule has 1 aromatic heterocycles. The van der Waals surface area contributed by atoms with Gasteiger partial charge in [0.05, 0.1) is 17.8 Å². The molecule has 142 valence electrons. The third kappa shape index (κ3) is 4.51. The first-order valence-electron chi connectivity index (χ1n) is 8.43. The normalized spacial score (nSPS) is 10.4. The molecule has 3 aromatic rings. The predicted octanol–water partition coefficient (Wildman–Crippen LogP) is 3.36. The second kappa shape index (κ2) is 8.31. The van der Waals surface area contributed by atoms with Crippen LogP contribution in [0.1, 0.15) is 16.7 Å². The van der Waals surface area contributed by atoms with Gasteiger partial charge in [0.2, 0.25) is 0 Å². The number of amides is 2. The van der Waals surface area contributed by atoms with E-state index in [0.717, 1.165) is 17.7 Å². The van der Waals surface area contributed by atoms with Crippen molar-refractivity contribution in [3.8, 4) is 11.8 Å². The third-order valence-electron chi connectivity index (χ3n) is 4.09. The Kier molecular flexibility index (Phi) is 5.65. The van der Waals surface area contributed by atoms with E-state index in [1.165, 1.54) is 21.8 Å². The Morgan fingerprint density at radius 2 is 1.96 bits per heavy atom. The van der Waals surface area contributed by atoms with Crippen molar-refractivity contribution in [1.29, 1.82) is 5.26 Å². The summed E-state index contributed by atoms with van der Waals surface area (Å²) in [5.74, 6) is -1.38. The van der Waals surface area contributed by atoms with Gasteiger partial charge in [-0.2, -0.15) is 10.4 Å². The van der Waals surface area contributed by atoms with E-state index in [-0.39, 0.29) is 18.3 Å². The van der Waals surface area contributed by atoms with Gasteiger partial charge in [0, 0.05) is 38.0 Å². The van der Waals surface area contributed by atoms with E-state index < -0.39 is 11.6 Å². The minimum Gasteiger partial charge on any atom is -0.334 e. The number of carbonyl (C=O) groups is 1. The van der Waals surface area contributed by atoms with E-state index in [4.69, 9.17) is 5.26 Å². The second-order valence-electron chi connectivity index (χ2n) is 6.21. The largest absolute Gasteiger partial charge is 0.334 e. The van der Waals surface area contributed by atoms with Gasteiger partial charge in [0.1, 0.15) is 11.5 Å². The molecule has 0 spiro atoms. The fraction of sp³-hybridized carbons (Fsp3) is 0.150. The smallest absolute Gasteiger partial charge is 0.317 e. The summed E-state index contributed by atoms with van der Waals surface area (Å²) < 4.78 is 28.1. The van der Waals surface area contributed by atoms with Crippen molar-refractivity contribution in [2.45, 2.75) is 13.1 Å². The van der Waals surface area contributed by atoms with E-state index >= 15 is 0 Å². The van der Waals surface area contributed by atoms with Crippen molar-refractivity contribution < 1.29 is 13.6 Å². The van der Waals surface area contributed by atoms with E-state index in [1.54, 1.807) is 37.5 Å². The van der Waals surface area contributed by atoms with Gasteiger partial charge in [-0.15, -0.1) is 0 Å². The number of carbonyl (C=O) groups excluding carboxylic acids is 1. The van der Waals surface area contributed by atoms with Gasteiger partial charge in [-0.3, -0.25) is 0 Å². The number of hydrogen-bond acceptors (Lipinski definition) is 3. The maximum absolute atomic E-state index is 13.8. The molecule has 1 N–H and O–H groups in total. The van der Waals surface area contributed by atoms with Crippen LogP contribution in [0.25, 0.3) is 5.69 Å². The van der Waals surface area contributed by atoms with E-state index in [2.05, 4.69) is 10.4 Å². The molecule has 8 heteroatoms. The third-order valence-corrected chi connectivity index (χ3v) is 4.09. The molecule has 0 radical (unpaired) electrons. The maximum atomic E-state index is 13.8. The summed E-state index contributed by atoms with van der Waals surface area (Å²) in [7, 11) is 1.66. The van der Waals surface area contributed by atoms with Crippen LogP contribution in [0.5, 0.6) is 0 Å². The monoisotopic (exact) mass is 381 g/mol. The lowest BCUT2D eigenvalue weighted by atomic mass is 10.1. The molecule has 0 bridgehead atoms. The van der Waals surface area contributed by atoms with Crippen LogP contribution in [0.3, 0.4) is 0 Å². The van der Waals surface area contributed by atoms with Crippen molar-refractivity contribution in [2.24, 2.45) is 0 Å². The molecular formula is C20H17F2N5O. The van der Waals surface area contributed by atoms with Gasteiger partial charge in [-0.05, 0) is 29.8 Å². The Morgan fingerprint density at radius 3 is 2.64 bits per heavy atom. The first kappa shape index (κ1) is 19.0. The van der Waals surface area contributed by atoms with Gasteiger partial charge >= 0.3 is 6.03 Å². The van der Waals surface area contributed by atoms with Crippen molar-refractivity contribution in [1.82, 2.24) is 20.0 Å². The van der Waals surface area contributed by atoms with Gasteiger partial charge in [-0.1, -0.05) is 12.1 Å². The number of aromatic nitrogens is 2. The quantitative estimate of drug-likeness (QED) is 0.736. The van der Waals surface area contributed by atoms with Gasteiger partial charge in [0.25, 0.3) is 0 Å². The van der Waals surface area contributed by atoms with Crippen molar-refractivity contribution in [3.05, 3.63) is 83.2 Å². The summed E-state index contributed by atoms with van der Waals surface area (Å²) in [6.45, 7) is 0.594. The molecule has 0 unspecified atom stereocenters. The van der Waals surface area contributed by atoms with E-state index in [0.29, 0.717) is 17.7 Å². The number of benzene rings is 2. The minimum atomic E-state index is -0.721. The zero-order valence-corrected chi connectivity index (χ0v) is 15.1. The van der Waals surface area contributed by atoms with Gasteiger partial charge in [-0.25, -0.2) is 18.3 Å². The lowest BCUT2D eigenvalue weighted by molar-refractivity contribution is 0.206. The summed E-state index contributed by atoms with van der Waals surface area (Å²) in [5, 5.41) is 15.6. The minimum absolute atomic E-state index is 0.122. The van der Waals surface area contributed by atoms with Gasteiger partial charge in [0.15, 0.2) is 5.82 Å². The first-order valence-corrected chi connectivity index (χ1v) is 8.43. The number of halogens is 2. The Bertz CT molecular complexity index is 1020. The number of nitrogens with one attached hydrogen (secondary N) is 1. The molecule has 2 amide bonds. The molecule has 0 aliphatic carbocycles. The number of hydrogen-bond donors (Lipinski definition) is 1. The highest BCUT2D eigenvalue weighted by Crippen LogP contribution is 2.14. The standard InChI is InChI=1S/C20H17F2N5O/c1-26(12-15-4-2-14(9-23)3-5-15)20(28)24-10-16-11-25-27(13-16)19-7-6-17(21)8-18(19)22/h2-8,11,13H,10,12H2,1H3,(H,24,28). The van der Waals surface area contributed by atoms with Crippen LogP contribution in [0.15, 0.2) is 54.9 Å². The Morgan fingerprint density at radius 1 is 1.21 bits per heavy atom. The first-order chi connectivity index (χ1) is 13.5. The Balaban J connectivity index is 1.57. The van der Waals surface area contributed by atoms with Crippen molar-refractivity contribution in [2.75, 3.05) is 7.05 Å². The number of nitriles is 1. The van der Waals surface area contributed by atoms with Crippen LogP contribution in [-0.2, 0) is 13.1 Å².